The van der Waals surface area contributed by atoms with Crippen LogP contribution in [0.1, 0.15) is 56.9 Å². The molecule has 0 aromatic heterocycles. The maximum atomic E-state index is 13.5. The molecule has 1 saturated carbocycles. The van der Waals surface area contributed by atoms with Crippen molar-refractivity contribution in [3.8, 4) is 0 Å². The number of likely N-dealkylation sites (N-methyl/N-ethyl adjacent to an activating group) is 1. The third-order valence-corrected chi connectivity index (χ3v) is 7.88. The lowest BCUT2D eigenvalue weighted by Crippen LogP contribution is -2.58. The molecule has 30 heavy (non-hydrogen) atoms. The molecule has 1 unspecified atom stereocenters. The molecule has 4 nitrogen and oxygen atoms in total. The van der Waals surface area contributed by atoms with E-state index in [1.165, 1.54) is 38.2 Å². The monoisotopic (exact) mass is 435 g/mol. The van der Waals surface area contributed by atoms with Crippen LogP contribution in [0.2, 0.25) is 5.02 Å². The Kier molecular flexibility index (Phi) is 7.20. The average Bonchev–Trinajstić information content (AvgIpc) is 2.76. The van der Waals surface area contributed by atoms with Gasteiger partial charge in [0.25, 0.3) is 0 Å². The minimum absolute atomic E-state index is 0.209. The zero-order chi connectivity index (χ0) is 21.1. The third-order valence-electron chi connectivity index (χ3n) is 7.51. The summed E-state index contributed by atoms with van der Waals surface area (Å²) in [4.78, 5) is 19.6. The Hall–Kier alpha value is -1.33. The number of nitrogens with zero attached hydrogens (tertiary/aromatic N) is 3. The quantitative estimate of drug-likeness (QED) is 0.636. The number of carbonyl (C=O) groups excluding carboxylic acids is 1. The Morgan fingerprint density at radius 2 is 1.77 bits per heavy atom. The van der Waals surface area contributed by atoms with Gasteiger partial charge in [-0.05, 0) is 81.3 Å². The summed E-state index contributed by atoms with van der Waals surface area (Å²) in [6.07, 6.45) is 10.3. The third kappa shape index (κ3) is 5.11. The van der Waals surface area contributed by atoms with Crippen molar-refractivity contribution in [1.29, 1.82) is 0 Å². The fourth-order valence-corrected chi connectivity index (χ4v) is 5.76. The van der Waals surface area contributed by atoms with Crippen LogP contribution in [-0.2, 0) is 6.42 Å². The molecule has 166 valence electrons. The molecule has 2 saturated heterocycles. The predicted molar refractivity (Wildman–Crippen MR) is 119 cm³/mol. The maximum absolute atomic E-state index is 13.5. The number of urea groups is 1. The van der Waals surface area contributed by atoms with E-state index < -0.39 is 0 Å². The average molecular weight is 436 g/mol. The highest BCUT2D eigenvalue weighted by molar-refractivity contribution is 6.31. The number of benzene rings is 1. The van der Waals surface area contributed by atoms with E-state index in [0.29, 0.717) is 23.0 Å². The second-order valence-electron chi connectivity index (χ2n) is 9.51. The molecule has 3 fully saturated rings. The predicted octanol–water partition coefficient (Wildman–Crippen LogP) is 5.19. The molecule has 2 aliphatic heterocycles. The highest BCUT2D eigenvalue weighted by Gasteiger charge is 2.36. The Morgan fingerprint density at radius 3 is 2.50 bits per heavy atom. The summed E-state index contributed by atoms with van der Waals surface area (Å²) in [5.41, 5.74) is 0.926. The maximum Gasteiger partial charge on any atom is 0.320 e. The number of hydrogen-bond acceptors (Lipinski definition) is 2. The van der Waals surface area contributed by atoms with Crippen LogP contribution in [0, 0.1) is 11.7 Å². The molecule has 1 atom stereocenters. The first kappa shape index (κ1) is 21.9. The Morgan fingerprint density at radius 1 is 1.03 bits per heavy atom. The van der Waals surface area contributed by atoms with Crippen molar-refractivity contribution in [2.75, 3.05) is 33.2 Å². The zero-order valence-electron chi connectivity index (χ0n) is 18.2. The molecule has 2 amide bonds. The van der Waals surface area contributed by atoms with Crippen molar-refractivity contribution in [2.24, 2.45) is 5.92 Å². The van der Waals surface area contributed by atoms with Crippen LogP contribution in [-0.4, -0.2) is 66.0 Å². The molecule has 0 N–H and O–H groups in total. The molecular formula is C24H35ClFN3O. The number of rotatable bonds is 5. The molecule has 6 heteroatoms. The van der Waals surface area contributed by atoms with Gasteiger partial charge in [-0.2, -0.15) is 0 Å². The van der Waals surface area contributed by atoms with Crippen molar-refractivity contribution >= 4 is 17.6 Å². The highest BCUT2D eigenvalue weighted by Crippen LogP contribution is 2.29. The van der Waals surface area contributed by atoms with E-state index in [1.807, 2.05) is 11.9 Å². The van der Waals surface area contributed by atoms with Gasteiger partial charge in [0.05, 0.1) is 0 Å². The van der Waals surface area contributed by atoms with Gasteiger partial charge in [-0.15, -0.1) is 0 Å². The minimum Gasteiger partial charge on any atom is -0.323 e. The largest absolute Gasteiger partial charge is 0.323 e. The Labute approximate surface area is 185 Å². The first-order chi connectivity index (χ1) is 14.5. The molecule has 3 aliphatic rings. The number of likely N-dealkylation sites (tertiary alicyclic amines) is 1. The van der Waals surface area contributed by atoms with Crippen LogP contribution in [0.25, 0.3) is 0 Å². The van der Waals surface area contributed by atoms with Gasteiger partial charge in [0.2, 0.25) is 0 Å². The summed E-state index contributed by atoms with van der Waals surface area (Å²) in [5.74, 6) is 0.340. The van der Waals surface area contributed by atoms with Crippen LogP contribution >= 0.6 is 11.6 Å². The van der Waals surface area contributed by atoms with Crippen molar-refractivity contribution in [2.45, 2.75) is 69.9 Å². The fourth-order valence-electron chi connectivity index (χ4n) is 5.56. The molecule has 1 aromatic carbocycles. The minimum atomic E-state index is -0.209. The second-order valence-corrected chi connectivity index (χ2v) is 9.91. The molecular weight excluding hydrogens is 401 g/mol. The standard InChI is InChI=1S/C24H35ClFN3O/c1-27-22(11-14-29(24(27)30)21-5-3-2-4-6-21)17-28-12-9-18(10-13-28)15-19-16-20(26)7-8-23(19)25/h7-8,16,18,21-22H,2-6,9-15,17H2,1H3. The van der Waals surface area contributed by atoms with Crippen LogP contribution in [0.4, 0.5) is 9.18 Å². The van der Waals surface area contributed by atoms with Crippen molar-refractivity contribution in [3.63, 3.8) is 0 Å². The van der Waals surface area contributed by atoms with Crippen molar-refractivity contribution < 1.29 is 9.18 Å². The SMILES string of the molecule is CN1C(=O)N(C2CCCCC2)CCC1CN1CCC(Cc2cc(F)ccc2Cl)CC1. The number of carbonyl (C=O) groups is 1. The van der Waals surface area contributed by atoms with E-state index in [2.05, 4.69) is 9.80 Å². The summed E-state index contributed by atoms with van der Waals surface area (Å²) in [6, 6.07) is 5.66. The summed E-state index contributed by atoms with van der Waals surface area (Å²) < 4.78 is 13.5. The molecule has 0 radical (unpaired) electrons. The molecule has 0 bridgehead atoms. The van der Waals surface area contributed by atoms with Crippen LogP contribution in [0.3, 0.4) is 0 Å². The Balaban J connectivity index is 1.25. The first-order valence-corrected chi connectivity index (χ1v) is 12.1. The van der Waals surface area contributed by atoms with E-state index >= 15 is 0 Å². The van der Waals surface area contributed by atoms with Gasteiger partial charge in [0, 0.05) is 37.2 Å². The van der Waals surface area contributed by atoms with Crippen molar-refractivity contribution in [3.05, 3.63) is 34.6 Å². The molecule has 4 rings (SSSR count). The zero-order valence-corrected chi connectivity index (χ0v) is 18.9. The summed E-state index contributed by atoms with van der Waals surface area (Å²) >= 11 is 6.25. The van der Waals surface area contributed by atoms with Crippen LogP contribution in [0.15, 0.2) is 18.2 Å². The van der Waals surface area contributed by atoms with Crippen LogP contribution in [0.5, 0.6) is 0 Å². The number of amides is 2. The fraction of sp³-hybridized carbons (Fsp3) is 0.708. The van der Waals surface area contributed by atoms with E-state index in [0.717, 1.165) is 57.4 Å². The van der Waals surface area contributed by atoms with Gasteiger partial charge < -0.3 is 14.7 Å². The number of hydrogen-bond donors (Lipinski definition) is 0. The van der Waals surface area contributed by atoms with E-state index in [9.17, 15) is 9.18 Å². The van der Waals surface area contributed by atoms with Gasteiger partial charge in [-0.1, -0.05) is 30.9 Å². The van der Waals surface area contributed by atoms with E-state index in [-0.39, 0.29) is 11.8 Å². The smallest absolute Gasteiger partial charge is 0.320 e. The normalized spacial score (nSPS) is 25.2. The van der Waals surface area contributed by atoms with Crippen molar-refractivity contribution in [1.82, 2.24) is 14.7 Å². The summed E-state index contributed by atoms with van der Waals surface area (Å²) in [6.45, 7) is 3.96. The number of piperidine rings is 1. The lowest BCUT2D eigenvalue weighted by molar-refractivity contribution is 0.0611. The van der Waals surface area contributed by atoms with E-state index in [4.69, 9.17) is 11.6 Å². The van der Waals surface area contributed by atoms with E-state index in [1.54, 1.807) is 12.1 Å². The molecule has 2 heterocycles. The lowest BCUT2D eigenvalue weighted by Gasteiger charge is -2.45. The first-order valence-electron chi connectivity index (χ1n) is 11.7. The van der Waals surface area contributed by atoms with Gasteiger partial charge >= 0.3 is 6.03 Å². The highest BCUT2D eigenvalue weighted by atomic mass is 35.5. The number of halogens is 2. The second kappa shape index (κ2) is 9.86. The van der Waals surface area contributed by atoms with Crippen LogP contribution < -0.4 is 0 Å². The molecule has 1 aromatic rings. The molecule has 1 aliphatic carbocycles. The Bertz CT molecular complexity index is 731. The van der Waals surface area contributed by atoms with Gasteiger partial charge in [0.15, 0.2) is 0 Å². The van der Waals surface area contributed by atoms with Gasteiger partial charge in [0.1, 0.15) is 5.82 Å². The summed E-state index contributed by atoms with van der Waals surface area (Å²) in [5, 5.41) is 0.670. The van der Waals surface area contributed by atoms with Gasteiger partial charge in [-0.25, -0.2) is 9.18 Å². The topological polar surface area (TPSA) is 26.8 Å². The van der Waals surface area contributed by atoms with Gasteiger partial charge in [-0.3, -0.25) is 0 Å². The molecule has 0 spiro atoms. The lowest BCUT2D eigenvalue weighted by atomic mass is 9.89. The summed E-state index contributed by atoms with van der Waals surface area (Å²) in [7, 11) is 1.99.